The van der Waals surface area contributed by atoms with Crippen molar-refractivity contribution in [3.63, 3.8) is 0 Å². The van der Waals surface area contributed by atoms with Crippen molar-refractivity contribution < 1.29 is 9.15 Å². The van der Waals surface area contributed by atoms with E-state index >= 15 is 0 Å². The molecular weight excluding hydrogens is 685 g/mol. The minimum Gasteiger partial charge on any atom is -0.272 e. The molecule has 6 heteroatoms. The molecule has 56 heavy (non-hydrogen) atoms. The molecule has 280 valence electrons. The van der Waals surface area contributed by atoms with Gasteiger partial charge in [-0.2, -0.15) is 19.4 Å². The SMILES string of the molecule is C[N+]1=C(/C=C/N2CCC(c3ccccc3)=N2)C(C)(C)c2ccccc21.C[N+]1=C(/C=C/N2N=C(c3ccccc3)CC2c2ccccc2)C(C)(C)c2ccccc21. The molecule has 0 saturated heterocycles. The zero-order chi connectivity index (χ0) is 38.9. The predicted molar refractivity (Wildman–Crippen MR) is 232 cm³/mol. The quantitative estimate of drug-likeness (QED) is 0.156. The van der Waals surface area contributed by atoms with Gasteiger partial charge in [-0.1, -0.05) is 127 Å². The lowest BCUT2D eigenvalue weighted by Gasteiger charge is -2.21. The minimum atomic E-state index is -0.0458. The van der Waals surface area contributed by atoms with Crippen LogP contribution >= 0.6 is 0 Å². The van der Waals surface area contributed by atoms with E-state index in [1.54, 1.807) is 0 Å². The van der Waals surface area contributed by atoms with E-state index in [9.17, 15) is 0 Å². The van der Waals surface area contributed by atoms with E-state index in [4.69, 9.17) is 10.2 Å². The summed E-state index contributed by atoms with van der Waals surface area (Å²) < 4.78 is 4.60. The summed E-state index contributed by atoms with van der Waals surface area (Å²) in [6, 6.07) is 49.2. The highest BCUT2D eigenvalue weighted by Crippen LogP contribution is 2.41. The van der Waals surface area contributed by atoms with Crippen molar-refractivity contribution in [2.24, 2.45) is 10.2 Å². The van der Waals surface area contributed by atoms with Crippen LogP contribution in [0.1, 0.15) is 74.4 Å². The first-order valence-corrected chi connectivity index (χ1v) is 19.8. The summed E-state index contributed by atoms with van der Waals surface area (Å²) in [5.41, 5.74) is 13.9. The van der Waals surface area contributed by atoms with Crippen LogP contribution in [0.25, 0.3) is 0 Å². The van der Waals surface area contributed by atoms with Crippen LogP contribution in [0.15, 0.2) is 174 Å². The number of fused-ring (bicyclic) bond motifs is 2. The number of hydrogen-bond donors (Lipinski definition) is 0. The van der Waals surface area contributed by atoms with Gasteiger partial charge in [0.1, 0.15) is 14.1 Å². The molecule has 0 N–H and O–H groups in total. The van der Waals surface area contributed by atoms with Gasteiger partial charge in [-0.05, 0) is 44.4 Å². The Morgan fingerprint density at radius 2 is 1.02 bits per heavy atom. The molecular formula is C50H52N6+2. The van der Waals surface area contributed by atoms with Crippen LogP contribution in [-0.2, 0) is 10.8 Å². The van der Waals surface area contributed by atoms with Crippen LogP contribution in [0.2, 0.25) is 0 Å². The molecule has 0 bridgehead atoms. The van der Waals surface area contributed by atoms with Crippen molar-refractivity contribution in [3.05, 3.63) is 192 Å². The van der Waals surface area contributed by atoms with E-state index < -0.39 is 0 Å². The second kappa shape index (κ2) is 15.2. The maximum absolute atomic E-state index is 5.03. The van der Waals surface area contributed by atoms with Crippen LogP contribution in [-0.4, -0.2) is 62.7 Å². The zero-order valence-electron chi connectivity index (χ0n) is 33.5. The van der Waals surface area contributed by atoms with E-state index in [1.807, 2.05) is 6.07 Å². The number of benzene rings is 5. The van der Waals surface area contributed by atoms with Crippen molar-refractivity contribution in [2.75, 3.05) is 20.6 Å². The number of rotatable bonds is 7. The van der Waals surface area contributed by atoms with Crippen molar-refractivity contribution in [3.8, 4) is 0 Å². The molecule has 0 aromatic heterocycles. The third-order valence-electron chi connectivity index (χ3n) is 11.8. The molecule has 0 saturated carbocycles. The summed E-state index contributed by atoms with van der Waals surface area (Å²) in [5.74, 6) is 0. The number of hydrogen-bond acceptors (Lipinski definition) is 4. The molecule has 4 aliphatic rings. The maximum Gasteiger partial charge on any atom is 0.209 e. The maximum atomic E-state index is 5.03. The van der Waals surface area contributed by atoms with Gasteiger partial charge in [0.05, 0.1) is 28.3 Å². The normalized spacial score (nSPS) is 19.4. The van der Waals surface area contributed by atoms with Crippen LogP contribution in [0, 0.1) is 0 Å². The van der Waals surface area contributed by atoms with Gasteiger partial charge in [0.2, 0.25) is 11.4 Å². The van der Waals surface area contributed by atoms with Gasteiger partial charge in [-0.3, -0.25) is 10.0 Å². The first-order valence-electron chi connectivity index (χ1n) is 19.8. The van der Waals surface area contributed by atoms with Crippen LogP contribution < -0.4 is 0 Å². The molecule has 0 spiro atoms. The third-order valence-corrected chi connectivity index (χ3v) is 11.8. The summed E-state index contributed by atoms with van der Waals surface area (Å²) in [6.07, 6.45) is 10.6. The Morgan fingerprint density at radius 1 is 0.554 bits per heavy atom. The van der Waals surface area contributed by atoms with Gasteiger partial charge < -0.3 is 0 Å². The van der Waals surface area contributed by atoms with E-state index in [0.29, 0.717) is 0 Å². The van der Waals surface area contributed by atoms with Crippen molar-refractivity contribution >= 4 is 34.2 Å². The van der Waals surface area contributed by atoms with Crippen LogP contribution in [0.5, 0.6) is 0 Å². The Balaban J connectivity index is 0.000000161. The molecule has 5 aromatic rings. The monoisotopic (exact) mass is 736 g/mol. The number of hydrazone groups is 2. The highest BCUT2D eigenvalue weighted by molar-refractivity contribution is 6.05. The smallest absolute Gasteiger partial charge is 0.209 e. The number of nitrogens with zero attached hydrogens (tertiary/aromatic N) is 6. The Labute approximate surface area is 332 Å². The largest absolute Gasteiger partial charge is 0.272 e. The first-order chi connectivity index (χ1) is 27.1. The lowest BCUT2D eigenvalue weighted by Crippen LogP contribution is -2.27. The fraction of sp³-hybridized carbons (Fsp3) is 0.240. The van der Waals surface area contributed by atoms with Crippen molar-refractivity contribution in [2.45, 2.75) is 57.4 Å². The molecule has 0 aliphatic carbocycles. The summed E-state index contributed by atoms with van der Waals surface area (Å²) in [5, 5.41) is 14.0. The van der Waals surface area contributed by atoms with Gasteiger partial charge >= 0.3 is 0 Å². The lowest BCUT2D eigenvalue weighted by atomic mass is 9.81. The Bertz CT molecular complexity index is 2420. The number of allylic oxidation sites excluding steroid dienone is 2. The van der Waals surface area contributed by atoms with E-state index in [-0.39, 0.29) is 16.9 Å². The van der Waals surface area contributed by atoms with E-state index in [0.717, 1.165) is 30.8 Å². The predicted octanol–water partition coefficient (Wildman–Crippen LogP) is 10.4. The minimum absolute atomic E-state index is 0.00748. The molecule has 4 aliphatic heterocycles. The van der Waals surface area contributed by atoms with Crippen molar-refractivity contribution in [1.82, 2.24) is 10.0 Å². The second-order valence-corrected chi connectivity index (χ2v) is 16.1. The molecule has 1 unspecified atom stereocenters. The molecule has 6 nitrogen and oxygen atoms in total. The van der Waals surface area contributed by atoms with Crippen LogP contribution in [0.4, 0.5) is 11.4 Å². The molecule has 1 atom stereocenters. The third kappa shape index (κ3) is 6.96. The Kier molecular flexibility index (Phi) is 9.98. The number of para-hydroxylation sites is 2. The zero-order valence-corrected chi connectivity index (χ0v) is 33.5. The topological polar surface area (TPSA) is 37.2 Å². The summed E-state index contributed by atoms with van der Waals surface area (Å²) in [4.78, 5) is 0. The van der Waals surface area contributed by atoms with Gasteiger partial charge in [-0.15, -0.1) is 0 Å². The average Bonchev–Trinajstić information content (AvgIpc) is 3.97. The molecule has 5 aromatic carbocycles. The molecule has 9 rings (SSSR count). The molecule has 4 heterocycles. The molecule has 0 radical (unpaired) electrons. The summed E-state index contributed by atoms with van der Waals surface area (Å²) in [6.45, 7) is 10.1. The van der Waals surface area contributed by atoms with Crippen LogP contribution in [0.3, 0.4) is 0 Å². The van der Waals surface area contributed by atoms with Gasteiger partial charge in [-0.25, -0.2) is 0 Å². The fourth-order valence-corrected chi connectivity index (χ4v) is 8.74. The summed E-state index contributed by atoms with van der Waals surface area (Å²) >= 11 is 0. The standard InChI is InChI=1S/C28H28N3.C22H24N3/c1-28(2)23-16-10-11-17-25(23)30(3)27(28)18-19-31-26(22-14-8-5-9-15-22)20-24(29-31)21-12-6-4-7-13-21;1-22(2)18-11-7-8-12-20(18)24(3)21(22)14-16-25-15-13-19(23-25)17-9-5-4-6-10-17/h4-19,26H,20H2,1-3H3;4-12,14,16H,13,15H2,1-3H3/q2*+1. The molecule has 0 amide bonds. The van der Waals surface area contributed by atoms with E-state index in [1.165, 1.54) is 50.6 Å². The van der Waals surface area contributed by atoms with Gasteiger partial charge in [0.25, 0.3) is 0 Å². The van der Waals surface area contributed by atoms with Gasteiger partial charge in [0.15, 0.2) is 11.4 Å². The lowest BCUT2D eigenvalue weighted by molar-refractivity contribution is -0.401. The second-order valence-electron chi connectivity index (χ2n) is 16.1. The van der Waals surface area contributed by atoms with E-state index in [2.05, 4.69) is 219 Å². The highest BCUT2D eigenvalue weighted by atomic mass is 15.5. The Hall–Kier alpha value is -6.14. The fourth-order valence-electron chi connectivity index (χ4n) is 8.74. The highest BCUT2D eigenvalue weighted by Gasteiger charge is 2.44. The van der Waals surface area contributed by atoms with Crippen molar-refractivity contribution in [1.29, 1.82) is 0 Å². The average molecular weight is 737 g/mol. The molecule has 0 fully saturated rings. The first kappa shape index (κ1) is 36.8. The van der Waals surface area contributed by atoms with Gasteiger partial charge in [0, 0.05) is 67.2 Å². The Morgan fingerprint density at radius 3 is 1.55 bits per heavy atom. The summed E-state index contributed by atoms with van der Waals surface area (Å²) in [7, 11) is 4.31.